The molecule has 0 amide bonds. The summed E-state index contributed by atoms with van der Waals surface area (Å²) in [6, 6.07) is 0. The second-order valence-electron chi connectivity index (χ2n) is 3.89. The molecule has 0 aromatic carbocycles. The Morgan fingerprint density at radius 2 is 1.81 bits per heavy atom. The molecule has 0 aliphatic rings. The van der Waals surface area contributed by atoms with Crippen molar-refractivity contribution in [2.45, 2.75) is 39.5 Å². The zero-order chi connectivity index (χ0) is 11.8. The first-order chi connectivity index (χ1) is 7.79. The van der Waals surface area contributed by atoms with Crippen molar-refractivity contribution in [1.29, 1.82) is 0 Å². The Balaban J connectivity index is 2.70. The number of unbranched alkanes of at least 4 members (excludes halogenated alkanes) is 2. The van der Waals surface area contributed by atoms with Gasteiger partial charge in [-0.25, -0.2) is 9.97 Å². The van der Waals surface area contributed by atoms with E-state index < -0.39 is 0 Å². The van der Waals surface area contributed by atoms with Crippen molar-refractivity contribution < 1.29 is 0 Å². The van der Waals surface area contributed by atoms with Crippen molar-refractivity contribution in [2.75, 3.05) is 18.0 Å². The first-order valence-corrected chi connectivity index (χ1v) is 6.79. The summed E-state index contributed by atoms with van der Waals surface area (Å²) in [4.78, 5) is 10.7. The van der Waals surface area contributed by atoms with E-state index in [4.69, 9.17) is 0 Å². The van der Waals surface area contributed by atoms with Gasteiger partial charge in [-0.1, -0.05) is 26.7 Å². The molecular weight excluding hydrogens is 266 g/mol. The molecule has 1 heterocycles. The highest BCUT2D eigenvalue weighted by atomic mass is 79.9. The van der Waals surface area contributed by atoms with Gasteiger partial charge >= 0.3 is 0 Å². The summed E-state index contributed by atoms with van der Waals surface area (Å²) in [7, 11) is 0. The van der Waals surface area contributed by atoms with E-state index in [9.17, 15) is 0 Å². The van der Waals surface area contributed by atoms with Crippen molar-refractivity contribution in [3.05, 3.63) is 17.0 Å². The molecule has 0 spiro atoms. The van der Waals surface area contributed by atoms with Crippen LogP contribution in [0.2, 0.25) is 0 Å². The minimum Gasteiger partial charge on any atom is -0.356 e. The number of hydrogen-bond acceptors (Lipinski definition) is 3. The topological polar surface area (TPSA) is 29.0 Å². The molecule has 0 aliphatic carbocycles. The van der Waals surface area contributed by atoms with Crippen LogP contribution in [-0.2, 0) is 0 Å². The molecule has 3 nitrogen and oxygen atoms in total. The standard InChI is InChI=1S/C12H20BrN3/c1-3-5-7-16(8-6-4-2)12-11(13)9-14-10-15-12/h9-10H,3-8H2,1-2H3. The summed E-state index contributed by atoms with van der Waals surface area (Å²) in [5.41, 5.74) is 0. The van der Waals surface area contributed by atoms with Gasteiger partial charge in [-0.3, -0.25) is 0 Å². The zero-order valence-electron chi connectivity index (χ0n) is 10.1. The summed E-state index contributed by atoms with van der Waals surface area (Å²) < 4.78 is 0.988. The lowest BCUT2D eigenvalue weighted by Crippen LogP contribution is -2.26. The van der Waals surface area contributed by atoms with Crippen LogP contribution in [0.5, 0.6) is 0 Å². The first-order valence-electron chi connectivity index (χ1n) is 6.00. The average molecular weight is 286 g/mol. The zero-order valence-corrected chi connectivity index (χ0v) is 11.7. The summed E-state index contributed by atoms with van der Waals surface area (Å²) >= 11 is 3.51. The highest BCUT2D eigenvalue weighted by molar-refractivity contribution is 9.10. The van der Waals surface area contributed by atoms with Crippen molar-refractivity contribution in [3.8, 4) is 0 Å². The molecular formula is C12H20BrN3. The Kier molecular flexibility index (Phi) is 6.38. The van der Waals surface area contributed by atoms with Crippen LogP contribution in [0.15, 0.2) is 17.0 Å². The normalized spacial score (nSPS) is 10.4. The Labute approximate surface area is 106 Å². The third kappa shape index (κ3) is 4.08. The molecule has 16 heavy (non-hydrogen) atoms. The van der Waals surface area contributed by atoms with E-state index in [2.05, 4.69) is 44.6 Å². The van der Waals surface area contributed by atoms with Gasteiger partial charge in [-0.15, -0.1) is 0 Å². The van der Waals surface area contributed by atoms with Gasteiger partial charge in [-0.2, -0.15) is 0 Å². The lowest BCUT2D eigenvalue weighted by atomic mass is 10.2. The van der Waals surface area contributed by atoms with Gasteiger partial charge < -0.3 is 4.90 Å². The van der Waals surface area contributed by atoms with Crippen molar-refractivity contribution in [3.63, 3.8) is 0 Å². The summed E-state index contributed by atoms with van der Waals surface area (Å²) in [6.45, 7) is 6.58. The van der Waals surface area contributed by atoms with Crippen LogP contribution >= 0.6 is 15.9 Å². The van der Waals surface area contributed by atoms with Crippen LogP contribution in [0.25, 0.3) is 0 Å². The Morgan fingerprint density at radius 3 is 2.31 bits per heavy atom. The highest BCUT2D eigenvalue weighted by Crippen LogP contribution is 2.22. The van der Waals surface area contributed by atoms with E-state index in [1.807, 2.05) is 6.20 Å². The van der Waals surface area contributed by atoms with Crippen LogP contribution in [0.4, 0.5) is 5.82 Å². The second kappa shape index (κ2) is 7.60. The number of anilines is 1. The van der Waals surface area contributed by atoms with E-state index in [0.29, 0.717) is 0 Å². The van der Waals surface area contributed by atoms with Gasteiger partial charge in [0.15, 0.2) is 0 Å². The maximum Gasteiger partial charge on any atom is 0.146 e. The summed E-state index contributed by atoms with van der Waals surface area (Å²) in [5.74, 6) is 1.02. The Bertz CT molecular complexity index is 296. The molecule has 1 aromatic rings. The number of halogens is 1. The number of nitrogens with zero attached hydrogens (tertiary/aromatic N) is 3. The smallest absolute Gasteiger partial charge is 0.146 e. The second-order valence-corrected chi connectivity index (χ2v) is 4.74. The SMILES string of the molecule is CCCCN(CCCC)c1ncncc1Br. The predicted octanol–water partition coefficient (Wildman–Crippen LogP) is 3.65. The molecule has 0 saturated heterocycles. The minimum absolute atomic E-state index is 0.988. The fourth-order valence-corrected chi connectivity index (χ4v) is 2.03. The van der Waals surface area contributed by atoms with Gasteiger partial charge in [0, 0.05) is 19.3 Å². The van der Waals surface area contributed by atoms with Crippen molar-refractivity contribution in [1.82, 2.24) is 9.97 Å². The lowest BCUT2D eigenvalue weighted by Gasteiger charge is -2.24. The van der Waals surface area contributed by atoms with Gasteiger partial charge in [-0.05, 0) is 28.8 Å². The third-order valence-electron chi connectivity index (χ3n) is 2.51. The monoisotopic (exact) mass is 285 g/mol. The molecule has 1 rings (SSSR count). The van der Waals surface area contributed by atoms with Gasteiger partial charge in [0.2, 0.25) is 0 Å². The number of rotatable bonds is 7. The molecule has 0 aliphatic heterocycles. The molecule has 0 radical (unpaired) electrons. The molecule has 0 unspecified atom stereocenters. The van der Waals surface area contributed by atoms with Crippen molar-refractivity contribution >= 4 is 21.7 Å². The molecule has 1 aromatic heterocycles. The average Bonchev–Trinajstić information content (AvgIpc) is 2.31. The van der Waals surface area contributed by atoms with Crippen LogP contribution in [0, 0.1) is 0 Å². The number of aromatic nitrogens is 2. The van der Waals surface area contributed by atoms with E-state index in [1.165, 1.54) is 25.7 Å². The first kappa shape index (κ1) is 13.4. The maximum absolute atomic E-state index is 4.35. The Hall–Kier alpha value is -0.640. The van der Waals surface area contributed by atoms with Crippen LogP contribution in [-0.4, -0.2) is 23.1 Å². The van der Waals surface area contributed by atoms with Crippen LogP contribution in [0.1, 0.15) is 39.5 Å². The fourth-order valence-electron chi connectivity index (χ4n) is 1.56. The molecule has 0 bridgehead atoms. The molecule has 0 saturated carbocycles. The van der Waals surface area contributed by atoms with Gasteiger partial charge in [0.05, 0.1) is 4.47 Å². The van der Waals surface area contributed by atoms with Gasteiger partial charge in [0.1, 0.15) is 12.1 Å². The fraction of sp³-hybridized carbons (Fsp3) is 0.667. The largest absolute Gasteiger partial charge is 0.356 e. The van der Waals surface area contributed by atoms with Gasteiger partial charge in [0.25, 0.3) is 0 Å². The highest BCUT2D eigenvalue weighted by Gasteiger charge is 2.10. The molecule has 4 heteroatoms. The molecule has 90 valence electrons. The third-order valence-corrected chi connectivity index (χ3v) is 3.07. The quantitative estimate of drug-likeness (QED) is 0.766. The van der Waals surface area contributed by atoms with E-state index in [0.717, 1.165) is 23.4 Å². The molecule has 0 N–H and O–H groups in total. The van der Waals surface area contributed by atoms with Crippen LogP contribution in [0.3, 0.4) is 0 Å². The summed E-state index contributed by atoms with van der Waals surface area (Å²) in [6.07, 6.45) is 8.27. The van der Waals surface area contributed by atoms with Crippen molar-refractivity contribution in [2.24, 2.45) is 0 Å². The maximum atomic E-state index is 4.35. The number of hydrogen-bond donors (Lipinski definition) is 0. The van der Waals surface area contributed by atoms with E-state index in [1.54, 1.807) is 6.33 Å². The summed E-state index contributed by atoms with van der Waals surface area (Å²) in [5, 5.41) is 0. The molecule has 0 fully saturated rings. The van der Waals surface area contributed by atoms with Crippen LogP contribution < -0.4 is 4.90 Å². The molecule has 0 atom stereocenters. The Morgan fingerprint density at radius 1 is 1.19 bits per heavy atom. The van der Waals surface area contributed by atoms with E-state index in [-0.39, 0.29) is 0 Å². The lowest BCUT2D eigenvalue weighted by molar-refractivity contribution is 0.669. The van der Waals surface area contributed by atoms with E-state index >= 15 is 0 Å². The minimum atomic E-state index is 0.988. The predicted molar refractivity (Wildman–Crippen MR) is 71.8 cm³/mol.